The molecule has 0 heterocycles. The van der Waals surface area contributed by atoms with Crippen LogP contribution in [0.15, 0.2) is 30.3 Å². The van der Waals surface area contributed by atoms with Gasteiger partial charge in [-0.25, -0.2) is 0 Å². The second kappa shape index (κ2) is 7.10. The van der Waals surface area contributed by atoms with Crippen molar-refractivity contribution in [2.45, 2.75) is 19.1 Å². The van der Waals surface area contributed by atoms with E-state index in [0.717, 1.165) is 5.56 Å². The van der Waals surface area contributed by atoms with E-state index in [2.05, 4.69) is 5.32 Å². The van der Waals surface area contributed by atoms with Gasteiger partial charge in [0.15, 0.2) is 0 Å². The lowest BCUT2D eigenvalue weighted by atomic mass is 9.94. The molecule has 3 unspecified atom stereocenters. The third kappa shape index (κ3) is 4.10. The molecule has 0 aliphatic carbocycles. The van der Waals surface area contributed by atoms with Gasteiger partial charge in [0, 0.05) is 12.6 Å². The van der Waals surface area contributed by atoms with Crippen LogP contribution in [-0.4, -0.2) is 35.4 Å². The standard InChI is InChI=1S/C13H20N2O3/c1-9(13(18)15-7-11(17)8-16)12(14)10-5-3-2-4-6-10/h2-6,9,11-12,16-17H,7-8,14H2,1H3,(H,15,18). The maximum atomic E-state index is 11.8. The molecule has 18 heavy (non-hydrogen) atoms. The minimum atomic E-state index is -0.936. The zero-order valence-corrected chi connectivity index (χ0v) is 10.4. The number of nitrogens with two attached hydrogens (primary N) is 1. The average molecular weight is 252 g/mol. The van der Waals surface area contributed by atoms with Crippen LogP contribution in [0.2, 0.25) is 0 Å². The third-order valence-electron chi connectivity index (χ3n) is 2.86. The Balaban J connectivity index is 2.53. The Morgan fingerprint density at radius 2 is 2.00 bits per heavy atom. The largest absolute Gasteiger partial charge is 0.394 e. The topological polar surface area (TPSA) is 95.6 Å². The Morgan fingerprint density at radius 1 is 1.39 bits per heavy atom. The van der Waals surface area contributed by atoms with Gasteiger partial charge in [-0.3, -0.25) is 4.79 Å². The maximum absolute atomic E-state index is 11.8. The quantitative estimate of drug-likeness (QED) is 0.563. The van der Waals surface area contributed by atoms with Gasteiger partial charge in [-0.05, 0) is 5.56 Å². The second-order valence-corrected chi connectivity index (χ2v) is 4.31. The smallest absolute Gasteiger partial charge is 0.224 e. The summed E-state index contributed by atoms with van der Waals surface area (Å²) in [5.74, 6) is -0.642. The molecule has 0 saturated carbocycles. The van der Waals surface area contributed by atoms with Gasteiger partial charge in [-0.1, -0.05) is 37.3 Å². The molecule has 0 aromatic heterocycles. The highest BCUT2D eigenvalue weighted by molar-refractivity contribution is 5.79. The van der Waals surface area contributed by atoms with E-state index < -0.39 is 18.1 Å². The SMILES string of the molecule is CC(C(=O)NCC(O)CO)C(N)c1ccccc1. The Bertz CT molecular complexity index is 370. The Morgan fingerprint density at radius 3 is 2.56 bits per heavy atom. The van der Waals surface area contributed by atoms with Gasteiger partial charge >= 0.3 is 0 Å². The first kappa shape index (κ1) is 14.6. The molecular weight excluding hydrogens is 232 g/mol. The van der Waals surface area contributed by atoms with Gasteiger partial charge in [0.2, 0.25) is 5.91 Å². The van der Waals surface area contributed by atoms with Crippen LogP contribution in [0, 0.1) is 5.92 Å². The van der Waals surface area contributed by atoms with Crippen LogP contribution >= 0.6 is 0 Å². The number of benzene rings is 1. The molecule has 1 aromatic carbocycles. The Labute approximate surface area is 107 Å². The number of carbonyl (C=O) groups excluding carboxylic acids is 1. The molecule has 0 aliphatic heterocycles. The van der Waals surface area contributed by atoms with Gasteiger partial charge in [-0.2, -0.15) is 0 Å². The molecule has 0 spiro atoms. The lowest BCUT2D eigenvalue weighted by molar-refractivity contribution is -0.125. The molecule has 0 radical (unpaired) electrons. The second-order valence-electron chi connectivity index (χ2n) is 4.31. The number of rotatable bonds is 6. The predicted octanol–water partition coefficient (Wildman–Crippen LogP) is -0.208. The number of hydrogen-bond acceptors (Lipinski definition) is 4. The number of aliphatic hydroxyl groups is 2. The first-order valence-electron chi connectivity index (χ1n) is 5.93. The molecule has 1 aromatic rings. The summed E-state index contributed by atoms with van der Waals surface area (Å²) in [7, 11) is 0. The highest BCUT2D eigenvalue weighted by Crippen LogP contribution is 2.18. The molecular formula is C13H20N2O3. The van der Waals surface area contributed by atoms with E-state index in [9.17, 15) is 4.79 Å². The van der Waals surface area contributed by atoms with Gasteiger partial charge in [-0.15, -0.1) is 0 Å². The van der Waals surface area contributed by atoms with Crippen molar-refractivity contribution in [3.63, 3.8) is 0 Å². The number of amides is 1. The van der Waals surface area contributed by atoms with Crippen LogP contribution in [0.3, 0.4) is 0 Å². The molecule has 3 atom stereocenters. The third-order valence-corrected chi connectivity index (χ3v) is 2.86. The highest BCUT2D eigenvalue weighted by Gasteiger charge is 2.22. The van der Waals surface area contributed by atoms with Crippen molar-refractivity contribution in [3.8, 4) is 0 Å². The zero-order valence-electron chi connectivity index (χ0n) is 10.4. The van der Waals surface area contributed by atoms with E-state index in [1.807, 2.05) is 30.3 Å². The van der Waals surface area contributed by atoms with Crippen molar-refractivity contribution in [1.29, 1.82) is 0 Å². The molecule has 5 N–H and O–H groups in total. The van der Waals surface area contributed by atoms with Crippen LogP contribution < -0.4 is 11.1 Å². The van der Waals surface area contributed by atoms with Gasteiger partial charge in [0.05, 0.1) is 18.6 Å². The Hall–Kier alpha value is -1.43. The minimum Gasteiger partial charge on any atom is -0.394 e. The molecule has 0 bridgehead atoms. The van der Waals surface area contributed by atoms with Crippen LogP contribution in [0.25, 0.3) is 0 Å². The number of hydrogen-bond donors (Lipinski definition) is 4. The average Bonchev–Trinajstić information content (AvgIpc) is 2.43. The molecule has 1 rings (SSSR count). The van der Waals surface area contributed by atoms with Gasteiger partial charge in [0.25, 0.3) is 0 Å². The fourth-order valence-electron chi connectivity index (χ4n) is 1.57. The lowest BCUT2D eigenvalue weighted by Gasteiger charge is -2.20. The molecule has 0 fully saturated rings. The number of aliphatic hydroxyl groups excluding tert-OH is 2. The predicted molar refractivity (Wildman–Crippen MR) is 68.6 cm³/mol. The van der Waals surface area contributed by atoms with E-state index in [1.54, 1.807) is 6.92 Å². The molecule has 5 nitrogen and oxygen atoms in total. The maximum Gasteiger partial charge on any atom is 0.224 e. The normalized spacial score (nSPS) is 15.8. The van der Waals surface area contributed by atoms with Crippen LogP contribution in [0.4, 0.5) is 0 Å². The first-order valence-corrected chi connectivity index (χ1v) is 5.93. The molecule has 0 saturated heterocycles. The van der Waals surface area contributed by atoms with E-state index in [0.29, 0.717) is 0 Å². The highest BCUT2D eigenvalue weighted by atomic mass is 16.3. The fourth-order valence-corrected chi connectivity index (χ4v) is 1.57. The summed E-state index contributed by atoms with van der Waals surface area (Å²) < 4.78 is 0. The summed E-state index contributed by atoms with van der Waals surface area (Å²) in [5.41, 5.74) is 6.90. The van der Waals surface area contributed by atoms with E-state index in [-0.39, 0.29) is 19.1 Å². The molecule has 5 heteroatoms. The number of nitrogens with one attached hydrogen (secondary N) is 1. The van der Waals surface area contributed by atoms with Crippen LogP contribution in [0.1, 0.15) is 18.5 Å². The van der Waals surface area contributed by atoms with E-state index >= 15 is 0 Å². The summed E-state index contributed by atoms with van der Waals surface area (Å²) >= 11 is 0. The van der Waals surface area contributed by atoms with Crippen molar-refractivity contribution >= 4 is 5.91 Å². The summed E-state index contributed by atoms with van der Waals surface area (Å²) in [6.45, 7) is 1.39. The molecule has 0 aliphatic rings. The van der Waals surface area contributed by atoms with Crippen molar-refractivity contribution in [2.75, 3.05) is 13.2 Å². The summed E-state index contributed by atoms with van der Waals surface area (Å²) in [6.07, 6.45) is -0.936. The zero-order chi connectivity index (χ0) is 13.5. The van der Waals surface area contributed by atoms with Crippen molar-refractivity contribution in [2.24, 2.45) is 11.7 Å². The first-order chi connectivity index (χ1) is 8.56. The van der Waals surface area contributed by atoms with Crippen molar-refractivity contribution in [1.82, 2.24) is 5.32 Å². The monoisotopic (exact) mass is 252 g/mol. The van der Waals surface area contributed by atoms with E-state index in [4.69, 9.17) is 15.9 Å². The molecule has 1 amide bonds. The van der Waals surface area contributed by atoms with Crippen LogP contribution in [-0.2, 0) is 4.79 Å². The summed E-state index contributed by atoms with van der Waals surface area (Å²) in [6, 6.07) is 8.98. The minimum absolute atomic E-state index is 0.0290. The molecule has 100 valence electrons. The number of carbonyl (C=O) groups is 1. The van der Waals surface area contributed by atoms with Crippen molar-refractivity contribution in [3.05, 3.63) is 35.9 Å². The van der Waals surface area contributed by atoms with Crippen molar-refractivity contribution < 1.29 is 15.0 Å². The lowest BCUT2D eigenvalue weighted by Crippen LogP contribution is -2.40. The summed E-state index contributed by atoms with van der Waals surface area (Å²) in [5, 5.41) is 20.4. The Kier molecular flexibility index (Phi) is 5.77. The van der Waals surface area contributed by atoms with Gasteiger partial charge < -0.3 is 21.3 Å². The van der Waals surface area contributed by atoms with E-state index in [1.165, 1.54) is 0 Å². The van der Waals surface area contributed by atoms with Crippen LogP contribution in [0.5, 0.6) is 0 Å². The summed E-state index contributed by atoms with van der Waals surface area (Å²) in [4.78, 5) is 11.8. The van der Waals surface area contributed by atoms with Gasteiger partial charge in [0.1, 0.15) is 0 Å². The fraction of sp³-hybridized carbons (Fsp3) is 0.462.